The van der Waals surface area contributed by atoms with E-state index in [-0.39, 0.29) is 18.4 Å². The summed E-state index contributed by atoms with van der Waals surface area (Å²) in [4.78, 5) is 3.96. The maximum absolute atomic E-state index is 13.7. The molecule has 1 atom stereocenters. The number of nitrogens with two attached hydrogens (primary N) is 1. The van der Waals surface area contributed by atoms with Gasteiger partial charge in [-0.2, -0.15) is 4.98 Å². The van der Waals surface area contributed by atoms with Crippen molar-refractivity contribution in [1.29, 1.82) is 0 Å². The van der Waals surface area contributed by atoms with Crippen molar-refractivity contribution in [3.05, 3.63) is 41.3 Å². The highest BCUT2D eigenvalue weighted by Crippen LogP contribution is 2.21. The van der Waals surface area contributed by atoms with Gasteiger partial charge in [0.1, 0.15) is 0 Å². The van der Waals surface area contributed by atoms with Gasteiger partial charge in [-0.3, -0.25) is 0 Å². The van der Waals surface area contributed by atoms with Crippen LogP contribution >= 0.6 is 0 Å². The molecule has 2 N–H and O–H groups in total. The molecule has 0 aliphatic heterocycles. The van der Waals surface area contributed by atoms with Crippen LogP contribution in [0.2, 0.25) is 0 Å². The predicted octanol–water partition coefficient (Wildman–Crippen LogP) is 2.12. The predicted molar refractivity (Wildman–Crippen MR) is 62.4 cm³/mol. The van der Waals surface area contributed by atoms with Crippen molar-refractivity contribution in [3.63, 3.8) is 0 Å². The van der Waals surface area contributed by atoms with Crippen molar-refractivity contribution >= 4 is 0 Å². The van der Waals surface area contributed by atoms with Crippen LogP contribution in [0.3, 0.4) is 0 Å². The number of nitrogens with zero attached hydrogens (tertiary/aromatic N) is 2. The molecule has 0 fully saturated rings. The lowest BCUT2D eigenvalue weighted by Crippen LogP contribution is -2.06. The Morgan fingerprint density at radius 2 is 2.28 bits per heavy atom. The molecule has 1 heterocycles. The molecule has 0 saturated heterocycles. The van der Waals surface area contributed by atoms with Crippen LogP contribution < -0.4 is 10.5 Å². The summed E-state index contributed by atoms with van der Waals surface area (Å²) < 4.78 is 23.8. The summed E-state index contributed by atoms with van der Waals surface area (Å²) >= 11 is 0. The molecule has 1 aromatic heterocycles. The first-order valence-electron chi connectivity index (χ1n) is 5.53. The van der Waals surface area contributed by atoms with E-state index in [1.54, 1.807) is 19.9 Å². The van der Waals surface area contributed by atoms with Gasteiger partial charge >= 0.3 is 0 Å². The average Bonchev–Trinajstić information content (AvgIpc) is 2.73. The molecule has 1 aromatic carbocycles. The minimum absolute atomic E-state index is 0.0370. The molecule has 0 spiro atoms. The van der Waals surface area contributed by atoms with Gasteiger partial charge in [0.2, 0.25) is 0 Å². The zero-order valence-electron chi connectivity index (χ0n) is 10.2. The van der Waals surface area contributed by atoms with Crippen molar-refractivity contribution in [2.75, 3.05) is 0 Å². The molecule has 18 heavy (non-hydrogen) atoms. The highest BCUT2D eigenvalue weighted by atomic mass is 19.1. The largest absolute Gasteiger partial charge is 0.481 e. The van der Waals surface area contributed by atoms with Gasteiger partial charge in [0, 0.05) is 6.04 Å². The van der Waals surface area contributed by atoms with Crippen molar-refractivity contribution in [2.45, 2.75) is 26.5 Å². The monoisotopic (exact) mass is 251 g/mol. The molecule has 2 aromatic rings. The first-order chi connectivity index (χ1) is 8.56. The number of rotatable bonds is 4. The second-order valence-electron chi connectivity index (χ2n) is 4.00. The summed E-state index contributed by atoms with van der Waals surface area (Å²) in [5, 5.41) is 3.61. The summed E-state index contributed by atoms with van der Waals surface area (Å²) in [6.45, 7) is 3.52. The van der Waals surface area contributed by atoms with E-state index in [4.69, 9.17) is 15.0 Å². The quantitative estimate of drug-likeness (QED) is 0.900. The molecular formula is C12H14FN3O2. The smallest absolute Gasteiger partial charge is 0.264 e. The van der Waals surface area contributed by atoms with Crippen molar-refractivity contribution in [1.82, 2.24) is 10.1 Å². The van der Waals surface area contributed by atoms with Gasteiger partial charge in [-0.05, 0) is 31.5 Å². The van der Waals surface area contributed by atoms with Gasteiger partial charge in [-0.15, -0.1) is 0 Å². The summed E-state index contributed by atoms with van der Waals surface area (Å²) in [5.74, 6) is 0.501. The van der Waals surface area contributed by atoms with Crippen LogP contribution in [0.4, 0.5) is 4.39 Å². The number of hydrogen-bond acceptors (Lipinski definition) is 5. The van der Waals surface area contributed by atoms with E-state index in [1.165, 1.54) is 12.1 Å². The minimum atomic E-state index is -0.457. The van der Waals surface area contributed by atoms with Gasteiger partial charge in [0.15, 0.2) is 24.0 Å². The number of ether oxygens (including phenoxy) is 1. The minimum Gasteiger partial charge on any atom is -0.481 e. The number of halogens is 1. The molecule has 96 valence electrons. The van der Waals surface area contributed by atoms with Crippen LogP contribution in [0.5, 0.6) is 5.75 Å². The summed E-state index contributed by atoms with van der Waals surface area (Å²) in [6.07, 6.45) is 0. The molecule has 0 unspecified atom stereocenters. The van der Waals surface area contributed by atoms with Crippen LogP contribution in [0, 0.1) is 12.7 Å². The molecule has 6 heteroatoms. The maximum atomic E-state index is 13.7. The number of aromatic nitrogens is 2. The highest BCUT2D eigenvalue weighted by molar-refractivity contribution is 5.30. The summed E-state index contributed by atoms with van der Waals surface area (Å²) in [6, 6.07) is 4.41. The second kappa shape index (κ2) is 5.14. The molecule has 5 nitrogen and oxygen atoms in total. The fourth-order valence-electron chi connectivity index (χ4n) is 1.46. The van der Waals surface area contributed by atoms with E-state index >= 15 is 0 Å². The Hall–Kier alpha value is -1.95. The van der Waals surface area contributed by atoms with Crippen LogP contribution in [-0.4, -0.2) is 10.1 Å². The Morgan fingerprint density at radius 3 is 2.83 bits per heavy atom. The van der Waals surface area contributed by atoms with Crippen molar-refractivity contribution in [3.8, 4) is 5.75 Å². The van der Waals surface area contributed by atoms with E-state index in [1.807, 2.05) is 0 Å². The van der Waals surface area contributed by atoms with Gasteiger partial charge in [0.25, 0.3) is 5.89 Å². The van der Waals surface area contributed by atoms with E-state index < -0.39 is 5.82 Å². The Labute approximate surface area is 104 Å². The van der Waals surface area contributed by atoms with Crippen LogP contribution in [-0.2, 0) is 6.61 Å². The maximum Gasteiger partial charge on any atom is 0.264 e. The highest BCUT2D eigenvalue weighted by Gasteiger charge is 2.09. The van der Waals surface area contributed by atoms with E-state index in [0.29, 0.717) is 17.3 Å². The van der Waals surface area contributed by atoms with E-state index in [9.17, 15) is 4.39 Å². The Bertz CT molecular complexity index is 540. The van der Waals surface area contributed by atoms with Crippen molar-refractivity contribution in [2.24, 2.45) is 5.73 Å². The fraction of sp³-hybridized carbons (Fsp3) is 0.333. The first kappa shape index (κ1) is 12.5. The zero-order chi connectivity index (χ0) is 13.1. The molecule has 0 radical (unpaired) electrons. The molecule has 0 aliphatic carbocycles. The molecule has 0 amide bonds. The first-order valence-corrected chi connectivity index (χ1v) is 5.53. The summed E-state index contributed by atoms with van der Waals surface area (Å²) in [5.41, 5.74) is 6.38. The molecular weight excluding hydrogens is 237 g/mol. The third-order valence-corrected chi connectivity index (χ3v) is 2.40. The SMILES string of the molecule is Cc1noc(COc2ccc([C@@H](C)N)cc2F)n1. The van der Waals surface area contributed by atoms with Crippen molar-refractivity contribution < 1.29 is 13.7 Å². The average molecular weight is 251 g/mol. The Morgan fingerprint density at radius 1 is 1.50 bits per heavy atom. The molecule has 0 bridgehead atoms. The van der Waals surface area contributed by atoms with Gasteiger partial charge in [0.05, 0.1) is 0 Å². The third-order valence-electron chi connectivity index (χ3n) is 2.40. The van der Waals surface area contributed by atoms with Gasteiger partial charge in [-0.25, -0.2) is 4.39 Å². The zero-order valence-corrected chi connectivity index (χ0v) is 10.2. The van der Waals surface area contributed by atoms with E-state index in [2.05, 4.69) is 10.1 Å². The lowest BCUT2D eigenvalue weighted by Gasteiger charge is -2.09. The van der Waals surface area contributed by atoms with Crippen LogP contribution in [0.25, 0.3) is 0 Å². The number of hydrogen-bond donors (Lipinski definition) is 1. The van der Waals surface area contributed by atoms with Gasteiger partial charge in [-0.1, -0.05) is 11.2 Å². The lowest BCUT2D eigenvalue weighted by atomic mass is 10.1. The summed E-state index contributed by atoms with van der Waals surface area (Å²) in [7, 11) is 0. The standard InChI is InChI=1S/C12H14FN3O2/c1-7(14)9-3-4-11(10(13)5-9)17-6-12-15-8(2)16-18-12/h3-5,7H,6,14H2,1-2H3/t7-/m1/s1. The molecule has 0 saturated carbocycles. The Balaban J connectivity index is 2.05. The lowest BCUT2D eigenvalue weighted by molar-refractivity contribution is 0.234. The number of benzene rings is 1. The number of aryl methyl sites for hydroxylation is 1. The third kappa shape index (κ3) is 2.84. The van der Waals surface area contributed by atoms with Gasteiger partial charge < -0.3 is 15.0 Å². The van der Waals surface area contributed by atoms with Crippen LogP contribution in [0.15, 0.2) is 22.7 Å². The van der Waals surface area contributed by atoms with E-state index in [0.717, 1.165) is 0 Å². The Kier molecular flexibility index (Phi) is 3.57. The normalized spacial score (nSPS) is 12.4. The topological polar surface area (TPSA) is 74.2 Å². The van der Waals surface area contributed by atoms with Crippen LogP contribution in [0.1, 0.15) is 30.2 Å². The molecule has 0 aliphatic rings. The fourth-order valence-corrected chi connectivity index (χ4v) is 1.46. The molecule has 2 rings (SSSR count). The second-order valence-corrected chi connectivity index (χ2v) is 4.00.